The maximum absolute atomic E-state index is 13.6. The molecule has 0 spiro atoms. The first-order chi connectivity index (χ1) is 7.74. The van der Waals surface area contributed by atoms with Crippen LogP contribution in [0.25, 0.3) is 6.08 Å². The van der Waals surface area contributed by atoms with E-state index in [2.05, 4.69) is 15.9 Å². The van der Waals surface area contributed by atoms with Crippen molar-refractivity contribution in [3.63, 3.8) is 0 Å². The maximum atomic E-state index is 13.6. The zero-order valence-electron chi connectivity index (χ0n) is 9.34. The van der Waals surface area contributed by atoms with Gasteiger partial charge in [-0.05, 0) is 48.0 Å². The van der Waals surface area contributed by atoms with Gasteiger partial charge in [-0.1, -0.05) is 6.08 Å². The van der Waals surface area contributed by atoms with Crippen molar-refractivity contribution in [2.75, 3.05) is 0 Å². The van der Waals surface area contributed by atoms with Crippen LogP contribution in [0.3, 0.4) is 0 Å². The fourth-order valence-corrected chi connectivity index (χ4v) is 1.70. The highest BCUT2D eigenvalue weighted by molar-refractivity contribution is 9.10. The molecule has 1 aromatic rings. The highest BCUT2D eigenvalue weighted by Gasteiger charge is 2.26. The van der Waals surface area contributed by atoms with E-state index in [0.717, 1.165) is 12.1 Å². The molecule has 94 valence electrons. The van der Waals surface area contributed by atoms with E-state index >= 15 is 0 Å². The number of hydrogen-bond acceptors (Lipinski definition) is 2. The van der Waals surface area contributed by atoms with Crippen molar-refractivity contribution in [2.24, 2.45) is 5.14 Å². The molecule has 17 heavy (non-hydrogen) atoms. The van der Waals surface area contributed by atoms with E-state index in [1.807, 2.05) is 0 Å². The molecule has 0 aromatic heterocycles. The minimum atomic E-state index is -1.58. The first-order valence-corrected chi connectivity index (χ1v) is 6.74. The molecule has 0 aliphatic rings. The highest BCUT2D eigenvalue weighted by Crippen LogP contribution is 2.23. The van der Waals surface area contributed by atoms with Crippen LogP contribution in [-0.2, 0) is 11.4 Å². The summed E-state index contributed by atoms with van der Waals surface area (Å²) in [5, 5.41) is 5.28. The molecule has 0 saturated heterocycles. The van der Waals surface area contributed by atoms with E-state index < -0.39 is 27.7 Å². The molecule has 0 amide bonds. The predicted octanol–water partition coefficient (Wildman–Crippen LogP) is 3.14. The molecule has 0 fully saturated rings. The summed E-state index contributed by atoms with van der Waals surface area (Å²) in [5.74, 6) is -1.12. The van der Waals surface area contributed by atoms with E-state index in [-0.39, 0.29) is 10.0 Å². The summed E-state index contributed by atoms with van der Waals surface area (Å²) in [6.45, 7) is 3.29. The third-order valence-electron chi connectivity index (χ3n) is 2.20. The summed E-state index contributed by atoms with van der Waals surface area (Å²) in [6.07, 6.45) is 2.86. The van der Waals surface area contributed by atoms with Gasteiger partial charge in [0.25, 0.3) is 0 Å². The fourth-order valence-electron chi connectivity index (χ4n) is 1.05. The second-order valence-electron chi connectivity index (χ2n) is 4.03. The number of benzene rings is 1. The molecule has 0 radical (unpaired) electrons. The molecule has 6 heteroatoms. The van der Waals surface area contributed by atoms with Crippen LogP contribution in [0.5, 0.6) is 0 Å². The Balaban J connectivity index is 3.08. The van der Waals surface area contributed by atoms with Gasteiger partial charge < -0.3 is 4.55 Å². The summed E-state index contributed by atoms with van der Waals surface area (Å²) in [5.41, 5.74) is 0.0791. The Bertz CT molecular complexity index is 449. The Labute approximate surface area is 110 Å². The van der Waals surface area contributed by atoms with Gasteiger partial charge in [0, 0.05) is 16.9 Å². The van der Waals surface area contributed by atoms with Crippen LogP contribution in [0.2, 0.25) is 0 Å². The maximum Gasteiger partial charge on any atom is 0.157 e. The second kappa shape index (κ2) is 5.48. The first-order valence-electron chi connectivity index (χ1n) is 4.74. The Hall–Kier alpha value is -0.430. The molecule has 1 unspecified atom stereocenters. The number of halogens is 3. The van der Waals surface area contributed by atoms with Crippen molar-refractivity contribution in [1.82, 2.24) is 0 Å². The van der Waals surface area contributed by atoms with Crippen LogP contribution >= 0.6 is 15.9 Å². The Morgan fingerprint density at radius 2 is 2.00 bits per heavy atom. The predicted molar refractivity (Wildman–Crippen MR) is 69.5 cm³/mol. The van der Waals surface area contributed by atoms with Crippen molar-refractivity contribution in [2.45, 2.75) is 18.6 Å². The second-order valence-corrected chi connectivity index (χ2v) is 6.53. The average molecular weight is 324 g/mol. The molecule has 2 nitrogen and oxygen atoms in total. The largest absolute Gasteiger partial charge is 0.598 e. The standard InChI is InChI=1S/C11H12BrF2NOS/c1-11(2,17(15)16)4-3-7-5-8(13)6-9(12)10(7)14/h3-6H,15H2,1-2H3. The van der Waals surface area contributed by atoms with Crippen LogP contribution in [-0.4, -0.2) is 9.30 Å². The third kappa shape index (κ3) is 3.77. The SMILES string of the molecule is CC(C)(C=Cc1cc(F)cc(Br)c1F)[S+](N)[O-]. The first kappa shape index (κ1) is 14.6. The lowest BCUT2D eigenvalue weighted by molar-refractivity contribution is 0.573. The highest BCUT2D eigenvalue weighted by atomic mass is 79.9. The minimum absolute atomic E-state index is 0.0452. The van der Waals surface area contributed by atoms with Gasteiger partial charge in [0.15, 0.2) is 4.75 Å². The van der Waals surface area contributed by atoms with Gasteiger partial charge in [-0.15, -0.1) is 0 Å². The van der Waals surface area contributed by atoms with Crippen molar-refractivity contribution in [3.05, 3.63) is 39.9 Å². The summed E-state index contributed by atoms with van der Waals surface area (Å²) in [6, 6.07) is 2.10. The number of nitrogens with two attached hydrogens (primary N) is 1. The Kier molecular flexibility index (Phi) is 4.71. The molecule has 0 heterocycles. The summed E-state index contributed by atoms with van der Waals surface area (Å²) < 4.78 is 37.1. The quantitative estimate of drug-likeness (QED) is 0.686. The zero-order chi connectivity index (χ0) is 13.2. The lowest BCUT2D eigenvalue weighted by atomic mass is 10.1. The molecule has 0 saturated carbocycles. The lowest BCUT2D eigenvalue weighted by Gasteiger charge is -2.20. The van der Waals surface area contributed by atoms with Crippen molar-refractivity contribution in [3.8, 4) is 0 Å². The number of rotatable bonds is 3. The lowest BCUT2D eigenvalue weighted by Crippen LogP contribution is -2.35. The zero-order valence-corrected chi connectivity index (χ0v) is 11.7. The molecule has 2 N–H and O–H groups in total. The fraction of sp³-hybridized carbons (Fsp3) is 0.273. The molecule has 1 atom stereocenters. The normalized spacial score (nSPS) is 14.3. The molecule has 0 bridgehead atoms. The van der Waals surface area contributed by atoms with Gasteiger partial charge in [0.1, 0.15) is 11.6 Å². The Morgan fingerprint density at radius 3 is 2.53 bits per heavy atom. The average Bonchev–Trinajstić information content (AvgIpc) is 2.21. The number of hydrogen-bond donors (Lipinski definition) is 1. The third-order valence-corrected chi connectivity index (χ3v) is 3.95. The Morgan fingerprint density at radius 1 is 1.41 bits per heavy atom. The van der Waals surface area contributed by atoms with Crippen LogP contribution < -0.4 is 5.14 Å². The van der Waals surface area contributed by atoms with Gasteiger partial charge in [0.05, 0.1) is 4.47 Å². The van der Waals surface area contributed by atoms with Crippen LogP contribution in [0.1, 0.15) is 19.4 Å². The smallest absolute Gasteiger partial charge is 0.157 e. The van der Waals surface area contributed by atoms with Crippen molar-refractivity contribution in [1.29, 1.82) is 0 Å². The summed E-state index contributed by atoms with van der Waals surface area (Å²) in [7, 11) is 0. The van der Waals surface area contributed by atoms with Gasteiger partial charge in [-0.2, -0.15) is 5.14 Å². The molecular formula is C11H12BrF2NOS. The van der Waals surface area contributed by atoms with Crippen molar-refractivity contribution < 1.29 is 13.3 Å². The monoisotopic (exact) mass is 323 g/mol. The van der Waals surface area contributed by atoms with Crippen LogP contribution in [0.4, 0.5) is 8.78 Å². The van der Waals surface area contributed by atoms with Gasteiger partial charge in [-0.3, -0.25) is 0 Å². The topological polar surface area (TPSA) is 49.1 Å². The van der Waals surface area contributed by atoms with Gasteiger partial charge in [0.2, 0.25) is 0 Å². The van der Waals surface area contributed by atoms with E-state index in [4.69, 9.17) is 5.14 Å². The molecular weight excluding hydrogens is 312 g/mol. The van der Waals surface area contributed by atoms with Crippen LogP contribution in [0.15, 0.2) is 22.7 Å². The molecule has 1 aromatic carbocycles. The van der Waals surface area contributed by atoms with Gasteiger partial charge >= 0.3 is 0 Å². The van der Waals surface area contributed by atoms with E-state index in [9.17, 15) is 13.3 Å². The van der Waals surface area contributed by atoms with E-state index in [0.29, 0.717) is 0 Å². The van der Waals surface area contributed by atoms with E-state index in [1.165, 1.54) is 12.2 Å². The van der Waals surface area contributed by atoms with Crippen LogP contribution in [0, 0.1) is 11.6 Å². The minimum Gasteiger partial charge on any atom is -0.598 e. The molecule has 1 rings (SSSR count). The molecule has 0 aliphatic heterocycles. The van der Waals surface area contributed by atoms with Crippen molar-refractivity contribution >= 4 is 33.4 Å². The van der Waals surface area contributed by atoms with Gasteiger partial charge in [-0.25, -0.2) is 8.78 Å². The summed E-state index contributed by atoms with van der Waals surface area (Å²) in [4.78, 5) is 0. The van der Waals surface area contributed by atoms with E-state index in [1.54, 1.807) is 13.8 Å². The summed E-state index contributed by atoms with van der Waals surface area (Å²) >= 11 is 1.33. The molecule has 0 aliphatic carbocycles.